The largest absolute Gasteiger partial charge is 0.493 e. The number of carbonyl (C=O) groups is 2. The van der Waals surface area contributed by atoms with Crippen LogP contribution in [0.15, 0.2) is 34.8 Å². The first-order valence-electron chi connectivity index (χ1n) is 7.52. The molecule has 0 aliphatic carbocycles. The molecule has 0 unspecified atom stereocenters. The molecule has 1 aromatic heterocycles. The van der Waals surface area contributed by atoms with Crippen LogP contribution in [0.5, 0.6) is 11.5 Å². The molecule has 0 saturated carbocycles. The number of amides is 2. The Kier molecular flexibility index (Phi) is 5.84. The predicted octanol–water partition coefficient (Wildman–Crippen LogP) is 2.39. The minimum Gasteiger partial charge on any atom is -0.493 e. The van der Waals surface area contributed by atoms with Gasteiger partial charge in [0.2, 0.25) is 0 Å². The van der Waals surface area contributed by atoms with Crippen molar-refractivity contribution in [2.24, 2.45) is 0 Å². The zero-order chi connectivity index (χ0) is 18.4. The summed E-state index contributed by atoms with van der Waals surface area (Å²) >= 11 is 0. The van der Waals surface area contributed by atoms with Crippen molar-refractivity contribution < 1.29 is 23.5 Å². The van der Waals surface area contributed by atoms with Crippen LogP contribution in [0.25, 0.3) is 6.08 Å². The van der Waals surface area contributed by atoms with Gasteiger partial charge >= 0.3 is 0 Å². The van der Waals surface area contributed by atoms with Gasteiger partial charge in [-0.3, -0.25) is 20.4 Å². The lowest BCUT2D eigenvalue weighted by atomic mass is 10.1. The summed E-state index contributed by atoms with van der Waals surface area (Å²) in [5.41, 5.74) is 5.69. The molecule has 0 spiro atoms. The minimum absolute atomic E-state index is 0.372. The van der Waals surface area contributed by atoms with Crippen LogP contribution in [0.4, 0.5) is 0 Å². The summed E-state index contributed by atoms with van der Waals surface area (Å²) in [6, 6.07) is 6.92. The number of aryl methyl sites for hydroxylation is 2. The van der Waals surface area contributed by atoms with Crippen LogP contribution in [-0.2, 0) is 4.79 Å². The third kappa shape index (κ3) is 4.41. The molecule has 25 heavy (non-hydrogen) atoms. The standard InChI is InChI=1S/C18H20N2O5/c1-11-10-14(12(2)25-11)18(22)20-19-16(21)9-8-13-6-5-7-15(23-3)17(13)24-4/h5-10H,1-4H3,(H,19,21)(H,20,22)/b9-8+. The van der Waals surface area contributed by atoms with E-state index in [0.717, 1.165) is 0 Å². The molecule has 1 heterocycles. The van der Waals surface area contributed by atoms with Crippen molar-refractivity contribution in [2.45, 2.75) is 13.8 Å². The fourth-order valence-corrected chi connectivity index (χ4v) is 2.29. The van der Waals surface area contributed by atoms with E-state index < -0.39 is 11.8 Å². The first kappa shape index (κ1) is 18.1. The second kappa shape index (κ2) is 8.05. The van der Waals surface area contributed by atoms with Gasteiger partial charge in [0.15, 0.2) is 11.5 Å². The number of para-hydroxylation sites is 1. The Morgan fingerprint density at radius 3 is 2.48 bits per heavy atom. The molecule has 7 nitrogen and oxygen atoms in total. The number of hydrazine groups is 1. The van der Waals surface area contributed by atoms with Crippen molar-refractivity contribution in [1.29, 1.82) is 0 Å². The summed E-state index contributed by atoms with van der Waals surface area (Å²) in [5.74, 6) is 1.25. The lowest BCUT2D eigenvalue weighted by Crippen LogP contribution is -2.40. The van der Waals surface area contributed by atoms with E-state index in [2.05, 4.69) is 10.9 Å². The smallest absolute Gasteiger partial charge is 0.273 e. The number of furan rings is 1. The topological polar surface area (TPSA) is 89.8 Å². The van der Waals surface area contributed by atoms with Crippen LogP contribution < -0.4 is 20.3 Å². The number of carbonyl (C=O) groups excluding carboxylic acids is 2. The molecule has 2 aromatic rings. The lowest BCUT2D eigenvalue weighted by Gasteiger charge is -2.09. The second-order valence-corrected chi connectivity index (χ2v) is 5.19. The van der Waals surface area contributed by atoms with Gasteiger partial charge in [-0.2, -0.15) is 0 Å². The summed E-state index contributed by atoms with van der Waals surface area (Å²) in [6.45, 7) is 3.42. The van der Waals surface area contributed by atoms with Crippen LogP contribution in [0, 0.1) is 13.8 Å². The van der Waals surface area contributed by atoms with Crippen molar-refractivity contribution in [2.75, 3.05) is 14.2 Å². The van der Waals surface area contributed by atoms with E-state index in [4.69, 9.17) is 13.9 Å². The molecule has 1 aromatic carbocycles. The molecule has 0 saturated heterocycles. The van der Waals surface area contributed by atoms with Gasteiger partial charge in [0, 0.05) is 11.6 Å². The van der Waals surface area contributed by atoms with Gasteiger partial charge < -0.3 is 13.9 Å². The average Bonchev–Trinajstić information content (AvgIpc) is 2.95. The first-order chi connectivity index (χ1) is 12.0. The van der Waals surface area contributed by atoms with Crippen LogP contribution in [0.3, 0.4) is 0 Å². The summed E-state index contributed by atoms with van der Waals surface area (Å²) in [6.07, 6.45) is 2.85. The van der Waals surface area contributed by atoms with E-state index in [1.165, 1.54) is 20.3 Å². The van der Waals surface area contributed by atoms with Gasteiger partial charge in [-0.25, -0.2) is 0 Å². The Labute approximate surface area is 145 Å². The van der Waals surface area contributed by atoms with Gasteiger partial charge in [0.1, 0.15) is 11.5 Å². The maximum Gasteiger partial charge on any atom is 0.273 e. The number of ether oxygens (including phenoxy) is 2. The molecule has 2 amide bonds. The predicted molar refractivity (Wildman–Crippen MR) is 92.4 cm³/mol. The number of rotatable bonds is 5. The summed E-state index contributed by atoms with van der Waals surface area (Å²) in [5, 5.41) is 0. The summed E-state index contributed by atoms with van der Waals surface area (Å²) in [4.78, 5) is 23.9. The molecular weight excluding hydrogens is 324 g/mol. The Morgan fingerprint density at radius 2 is 1.88 bits per heavy atom. The second-order valence-electron chi connectivity index (χ2n) is 5.19. The molecule has 132 valence electrons. The van der Waals surface area contributed by atoms with Crippen LogP contribution in [0.1, 0.15) is 27.4 Å². The molecule has 0 atom stereocenters. The van der Waals surface area contributed by atoms with Gasteiger partial charge in [-0.15, -0.1) is 0 Å². The normalized spacial score (nSPS) is 10.6. The SMILES string of the molecule is COc1cccc(/C=C/C(=O)NNC(=O)c2cc(C)oc2C)c1OC. The summed E-state index contributed by atoms with van der Waals surface area (Å²) < 4.78 is 15.8. The average molecular weight is 344 g/mol. The van der Waals surface area contributed by atoms with Crippen LogP contribution >= 0.6 is 0 Å². The fraction of sp³-hybridized carbons (Fsp3) is 0.222. The molecule has 2 rings (SSSR count). The van der Waals surface area contributed by atoms with Crippen molar-refractivity contribution in [3.05, 3.63) is 53.0 Å². The van der Waals surface area contributed by atoms with Crippen molar-refractivity contribution in [3.8, 4) is 11.5 Å². The van der Waals surface area contributed by atoms with E-state index >= 15 is 0 Å². The zero-order valence-electron chi connectivity index (χ0n) is 14.5. The highest BCUT2D eigenvalue weighted by Gasteiger charge is 2.13. The Balaban J connectivity index is 2.00. The fourth-order valence-electron chi connectivity index (χ4n) is 2.29. The van der Waals surface area contributed by atoms with Gasteiger partial charge in [-0.1, -0.05) is 12.1 Å². The highest BCUT2D eigenvalue weighted by atomic mass is 16.5. The van der Waals surface area contributed by atoms with Crippen LogP contribution in [0.2, 0.25) is 0 Å². The summed E-state index contributed by atoms with van der Waals surface area (Å²) in [7, 11) is 3.05. The molecule has 0 bridgehead atoms. The molecule has 2 N–H and O–H groups in total. The van der Waals surface area contributed by atoms with Gasteiger partial charge in [0.05, 0.1) is 19.8 Å². The number of methoxy groups -OCH3 is 2. The van der Waals surface area contributed by atoms with Crippen molar-refractivity contribution in [1.82, 2.24) is 10.9 Å². The highest BCUT2D eigenvalue weighted by molar-refractivity contribution is 5.98. The highest BCUT2D eigenvalue weighted by Crippen LogP contribution is 2.31. The molecule has 0 radical (unpaired) electrons. The maximum atomic E-state index is 12.0. The number of hydrogen-bond acceptors (Lipinski definition) is 5. The van der Waals surface area contributed by atoms with E-state index in [9.17, 15) is 9.59 Å². The molecule has 0 aliphatic heterocycles. The van der Waals surface area contributed by atoms with E-state index in [1.807, 2.05) is 0 Å². The van der Waals surface area contributed by atoms with Gasteiger partial charge in [-0.05, 0) is 32.1 Å². The van der Waals surface area contributed by atoms with Crippen molar-refractivity contribution >= 4 is 17.9 Å². The Bertz CT molecular complexity index is 808. The molecule has 0 aliphatic rings. The quantitative estimate of drug-likeness (QED) is 0.642. The van der Waals surface area contributed by atoms with Crippen LogP contribution in [-0.4, -0.2) is 26.0 Å². The van der Waals surface area contributed by atoms with E-state index in [-0.39, 0.29) is 0 Å². The third-order valence-electron chi connectivity index (χ3n) is 3.43. The first-order valence-corrected chi connectivity index (χ1v) is 7.52. The Morgan fingerprint density at radius 1 is 1.12 bits per heavy atom. The number of nitrogens with one attached hydrogen (secondary N) is 2. The molecule has 0 fully saturated rings. The number of benzene rings is 1. The zero-order valence-corrected chi connectivity index (χ0v) is 14.5. The minimum atomic E-state index is -0.490. The van der Waals surface area contributed by atoms with E-state index in [0.29, 0.717) is 34.1 Å². The lowest BCUT2D eigenvalue weighted by molar-refractivity contribution is -0.117. The third-order valence-corrected chi connectivity index (χ3v) is 3.43. The van der Waals surface area contributed by atoms with Gasteiger partial charge in [0.25, 0.3) is 11.8 Å². The maximum absolute atomic E-state index is 12.0. The van der Waals surface area contributed by atoms with Crippen molar-refractivity contribution in [3.63, 3.8) is 0 Å². The van der Waals surface area contributed by atoms with E-state index in [1.54, 1.807) is 44.2 Å². The number of hydrogen-bond donors (Lipinski definition) is 2. The Hall–Kier alpha value is -3.22. The monoisotopic (exact) mass is 344 g/mol. The molecule has 7 heteroatoms. The molecular formula is C18H20N2O5.